The first-order valence-electron chi connectivity index (χ1n) is 11.1. The molecule has 2 saturated heterocycles. The van der Waals surface area contributed by atoms with E-state index in [4.69, 9.17) is 4.74 Å². The molecule has 3 aliphatic rings. The van der Waals surface area contributed by atoms with Crippen LogP contribution in [0.1, 0.15) is 48.9 Å². The predicted molar refractivity (Wildman–Crippen MR) is 112 cm³/mol. The van der Waals surface area contributed by atoms with Gasteiger partial charge in [-0.15, -0.1) is 0 Å². The molecule has 0 aromatic heterocycles. The van der Waals surface area contributed by atoms with Crippen LogP contribution in [0.25, 0.3) is 0 Å². The van der Waals surface area contributed by atoms with E-state index in [1.165, 1.54) is 32.1 Å². The summed E-state index contributed by atoms with van der Waals surface area (Å²) in [4.78, 5) is 32.1. The minimum atomic E-state index is 0.0379. The van der Waals surface area contributed by atoms with E-state index in [1.807, 2.05) is 23.1 Å². The average Bonchev–Trinajstić information content (AvgIpc) is 2.78. The van der Waals surface area contributed by atoms with Gasteiger partial charge in [-0.3, -0.25) is 14.5 Å². The van der Waals surface area contributed by atoms with Gasteiger partial charge >= 0.3 is 0 Å². The SMILES string of the molecule is COc1cccc(C(=O)N2CCN(CC(=O)N3CCCC4CCCCC43)CC2)c1. The third-order valence-corrected chi connectivity index (χ3v) is 6.90. The predicted octanol–water partition coefficient (Wildman–Crippen LogP) is 2.63. The molecule has 4 rings (SSSR count). The molecule has 1 aliphatic carbocycles. The zero-order valence-corrected chi connectivity index (χ0v) is 17.5. The summed E-state index contributed by atoms with van der Waals surface area (Å²) >= 11 is 0. The molecule has 2 unspecified atom stereocenters. The number of likely N-dealkylation sites (tertiary alicyclic amines) is 1. The average molecular weight is 400 g/mol. The zero-order valence-electron chi connectivity index (χ0n) is 17.5. The number of hydrogen-bond donors (Lipinski definition) is 0. The molecule has 1 aromatic carbocycles. The monoisotopic (exact) mass is 399 g/mol. The van der Waals surface area contributed by atoms with E-state index in [0.717, 1.165) is 32.0 Å². The van der Waals surface area contributed by atoms with Gasteiger partial charge in [-0.1, -0.05) is 18.9 Å². The number of amides is 2. The van der Waals surface area contributed by atoms with Gasteiger partial charge in [0.2, 0.25) is 5.91 Å². The van der Waals surface area contributed by atoms with Gasteiger partial charge in [-0.2, -0.15) is 0 Å². The van der Waals surface area contributed by atoms with Gasteiger partial charge in [-0.05, 0) is 49.8 Å². The van der Waals surface area contributed by atoms with Crippen molar-refractivity contribution in [2.45, 2.75) is 44.6 Å². The molecule has 29 heavy (non-hydrogen) atoms. The molecule has 2 amide bonds. The molecule has 6 heteroatoms. The van der Waals surface area contributed by atoms with Gasteiger partial charge in [0.15, 0.2) is 0 Å². The fourth-order valence-electron chi connectivity index (χ4n) is 5.26. The minimum absolute atomic E-state index is 0.0379. The summed E-state index contributed by atoms with van der Waals surface area (Å²) in [7, 11) is 1.61. The lowest BCUT2D eigenvalue weighted by molar-refractivity contribution is -0.139. The summed E-state index contributed by atoms with van der Waals surface area (Å²) in [5, 5.41) is 0. The first-order valence-corrected chi connectivity index (χ1v) is 11.1. The molecule has 2 heterocycles. The van der Waals surface area contributed by atoms with Crippen molar-refractivity contribution in [3.63, 3.8) is 0 Å². The number of piperazine rings is 1. The topological polar surface area (TPSA) is 53.1 Å². The molecule has 6 nitrogen and oxygen atoms in total. The minimum Gasteiger partial charge on any atom is -0.497 e. The van der Waals surface area contributed by atoms with Gasteiger partial charge in [0, 0.05) is 44.3 Å². The maximum absolute atomic E-state index is 13.0. The van der Waals surface area contributed by atoms with Gasteiger partial charge in [-0.25, -0.2) is 0 Å². The van der Waals surface area contributed by atoms with Crippen LogP contribution < -0.4 is 4.74 Å². The Labute approximate surface area is 173 Å². The van der Waals surface area contributed by atoms with Crippen LogP contribution in [0, 0.1) is 5.92 Å². The molecule has 158 valence electrons. The number of nitrogens with zero attached hydrogens (tertiary/aromatic N) is 3. The van der Waals surface area contributed by atoms with Crippen LogP contribution in [0.2, 0.25) is 0 Å². The van der Waals surface area contributed by atoms with Crippen molar-refractivity contribution in [2.75, 3.05) is 46.4 Å². The van der Waals surface area contributed by atoms with Crippen LogP contribution in [0.4, 0.5) is 0 Å². The lowest BCUT2D eigenvalue weighted by atomic mass is 9.78. The van der Waals surface area contributed by atoms with E-state index in [1.54, 1.807) is 13.2 Å². The van der Waals surface area contributed by atoms with Gasteiger partial charge in [0.05, 0.1) is 13.7 Å². The summed E-state index contributed by atoms with van der Waals surface area (Å²) in [5.74, 6) is 1.74. The first kappa shape index (κ1) is 20.2. The van der Waals surface area contributed by atoms with Crippen LogP contribution in [0.3, 0.4) is 0 Å². The number of rotatable bonds is 4. The second-order valence-corrected chi connectivity index (χ2v) is 8.64. The number of carbonyl (C=O) groups excluding carboxylic acids is 2. The number of hydrogen-bond acceptors (Lipinski definition) is 4. The van der Waals surface area contributed by atoms with E-state index in [9.17, 15) is 9.59 Å². The molecule has 2 aliphatic heterocycles. The summed E-state index contributed by atoms with van der Waals surface area (Å²) in [5.41, 5.74) is 0.658. The second-order valence-electron chi connectivity index (χ2n) is 8.64. The number of benzene rings is 1. The number of carbonyl (C=O) groups is 2. The highest BCUT2D eigenvalue weighted by atomic mass is 16.5. The molecule has 3 fully saturated rings. The van der Waals surface area contributed by atoms with Crippen molar-refractivity contribution in [3.05, 3.63) is 29.8 Å². The summed E-state index contributed by atoms with van der Waals surface area (Å²) in [6, 6.07) is 7.78. The third-order valence-electron chi connectivity index (χ3n) is 6.90. The third kappa shape index (κ3) is 4.58. The molecule has 0 spiro atoms. The van der Waals surface area contributed by atoms with Gasteiger partial charge in [0.25, 0.3) is 5.91 Å². The summed E-state index contributed by atoms with van der Waals surface area (Å²) in [6.07, 6.45) is 7.50. The first-order chi connectivity index (χ1) is 14.2. The molecular weight excluding hydrogens is 366 g/mol. The fraction of sp³-hybridized carbons (Fsp3) is 0.652. The quantitative estimate of drug-likeness (QED) is 0.781. The van der Waals surface area contributed by atoms with Gasteiger partial charge < -0.3 is 14.5 Å². The van der Waals surface area contributed by atoms with Crippen molar-refractivity contribution in [1.82, 2.24) is 14.7 Å². The highest BCUT2D eigenvalue weighted by molar-refractivity contribution is 5.94. The Morgan fingerprint density at radius 2 is 1.76 bits per heavy atom. The number of ether oxygens (including phenoxy) is 1. The molecule has 0 N–H and O–H groups in total. The van der Waals surface area contributed by atoms with Crippen LogP contribution in [-0.4, -0.2) is 78.9 Å². The van der Waals surface area contributed by atoms with Crippen molar-refractivity contribution < 1.29 is 14.3 Å². The van der Waals surface area contributed by atoms with Crippen LogP contribution >= 0.6 is 0 Å². The zero-order chi connectivity index (χ0) is 20.2. The normalized spacial score (nSPS) is 25.4. The van der Waals surface area contributed by atoms with Crippen LogP contribution in [0.15, 0.2) is 24.3 Å². The van der Waals surface area contributed by atoms with E-state index in [-0.39, 0.29) is 11.8 Å². The molecule has 0 radical (unpaired) electrons. The van der Waals surface area contributed by atoms with Crippen molar-refractivity contribution in [2.24, 2.45) is 5.92 Å². The lowest BCUT2D eigenvalue weighted by Gasteiger charge is -2.45. The number of methoxy groups -OCH3 is 1. The van der Waals surface area contributed by atoms with Crippen molar-refractivity contribution in [3.8, 4) is 5.75 Å². The summed E-state index contributed by atoms with van der Waals surface area (Å²) < 4.78 is 5.23. The fourth-order valence-corrected chi connectivity index (χ4v) is 5.26. The van der Waals surface area contributed by atoms with E-state index < -0.39 is 0 Å². The smallest absolute Gasteiger partial charge is 0.254 e. The van der Waals surface area contributed by atoms with E-state index in [0.29, 0.717) is 37.0 Å². The lowest BCUT2D eigenvalue weighted by Crippen LogP contribution is -2.55. The number of piperidine rings is 1. The van der Waals surface area contributed by atoms with Crippen LogP contribution in [-0.2, 0) is 4.79 Å². The molecule has 1 aromatic rings. The van der Waals surface area contributed by atoms with E-state index >= 15 is 0 Å². The Balaban J connectivity index is 1.29. The van der Waals surface area contributed by atoms with E-state index in [2.05, 4.69) is 9.80 Å². The molecule has 1 saturated carbocycles. The Morgan fingerprint density at radius 3 is 2.55 bits per heavy atom. The standard InChI is InChI=1S/C23H33N3O3/c1-29-20-9-4-7-19(16-20)23(28)25-14-12-24(13-15-25)17-22(27)26-11-5-8-18-6-2-3-10-21(18)26/h4,7,9,16,18,21H,2-3,5-6,8,10-15,17H2,1H3. The van der Waals surface area contributed by atoms with Crippen molar-refractivity contribution >= 4 is 11.8 Å². The second kappa shape index (κ2) is 9.16. The Hall–Kier alpha value is -2.08. The Morgan fingerprint density at radius 1 is 1.00 bits per heavy atom. The maximum atomic E-state index is 13.0. The number of fused-ring (bicyclic) bond motifs is 1. The Bertz CT molecular complexity index is 728. The summed E-state index contributed by atoms with van der Waals surface area (Å²) in [6.45, 7) is 4.25. The molecular formula is C23H33N3O3. The maximum Gasteiger partial charge on any atom is 0.254 e. The highest BCUT2D eigenvalue weighted by Crippen LogP contribution is 2.35. The molecule has 2 atom stereocenters. The van der Waals surface area contributed by atoms with Gasteiger partial charge in [0.1, 0.15) is 5.75 Å². The highest BCUT2D eigenvalue weighted by Gasteiger charge is 2.36. The largest absolute Gasteiger partial charge is 0.497 e. The van der Waals surface area contributed by atoms with Crippen molar-refractivity contribution in [1.29, 1.82) is 0 Å². The molecule has 0 bridgehead atoms. The Kier molecular flexibility index (Phi) is 6.38. The van der Waals surface area contributed by atoms with Crippen LogP contribution in [0.5, 0.6) is 5.75 Å².